The van der Waals surface area contributed by atoms with Crippen molar-refractivity contribution in [2.24, 2.45) is 46.3 Å². The van der Waals surface area contributed by atoms with Crippen LogP contribution in [0, 0.1) is 46.3 Å². The first-order valence-corrected chi connectivity index (χ1v) is 23.4. The van der Waals surface area contributed by atoms with Crippen molar-refractivity contribution in [1.29, 1.82) is 0 Å². The Labute approximate surface area is 346 Å². The number of carbonyl (C=O) groups excluding carboxylic acids is 2. The van der Waals surface area contributed by atoms with Crippen LogP contribution in [-0.2, 0) is 14.3 Å². The summed E-state index contributed by atoms with van der Waals surface area (Å²) in [7, 11) is 0. The lowest BCUT2D eigenvalue weighted by atomic mass is 9.47. The maximum absolute atomic E-state index is 12.9. The van der Waals surface area contributed by atoms with Gasteiger partial charge in [-0.3, -0.25) is 4.79 Å². The standard InChI is InChI=1S/C52H76O5/c1-7-8-34-56-50(54)41-20-18-39(19-21-41)40-22-25-43(26-23-40)55-35-13-11-9-10-12-17-49(53)57-44-30-32-51(5)42(36-44)24-27-45-47-29-28-46(38(4)16-14-15-37(2)3)52(47,6)33-31-48(45)51/h18-26,37-38,44-48H,7-17,27-36H2,1-6H3/t38-,44?,45+,46-,47+,48+,51+,52-/m1/s1. The van der Waals surface area contributed by atoms with Crippen LogP contribution in [0.5, 0.6) is 5.75 Å². The highest BCUT2D eigenvalue weighted by atomic mass is 16.5. The fraction of sp³-hybridized carbons (Fsp3) is 0.692. The molecule has 2 aromatic rings. The molecule has 0 heterocycles. The van der Waals surface area contributed by atoms with Gasteiger partial charge in [-0.1, -0.05) is 122 Å². The van der Waals surface area contributed by atoms with Gasteiger partial charge in [-0.15, -0.1) is 0 Å². The molecule has 1 unspecified atom stereocenters. The zero-order chi connectivity index (χ0) is 40.4. The highest BCUT2D eigenvalue weighted by Gasteiger charge is 2.59. The lowest BCUT2D eigenvalue weighted by Gasteiger charge is -2.58. The minimum Gasteiger partial charge on any atom is -0.494 e. The number of esters is 2. The van der Waals surface area contributed by atoms with Gasteiger partial charge in [-0.05, 0) is 146 Å². The van der Waals surface area contributed by atoms with Crippen molar-refractivity contribution in [3.05, 3.63) is 65.7 Å². The molecule has 0 N–H and O–H groups in total. The van der Waals surface area contributed by atoms with Gasteiger partial charge in [0.1, 0.15) is 11.9 Å². The average Bonchev–Trinajstić information content (AvgIpc) is 3.56. The Kier molecular flexibility index (Phi) is 15.5. The quantitative estimate of drug-likeness (QED) is 0.0761. The van der Waals surface area contributed by atoms with Crippen LogP contribution in [0.25, 0.3) is 11.1 Å². The van der Waals surface area contributed by atoms with Gasteiger partial charge in [0.2, 0.25) is 0 Å². The van der Waals surface area contributed by atoms with Crippen LogP contribution in [-0.4, -0.2) is 31.3 Å². The van der Waals surface area contributed by atoms with Crippen molar-refractivity contribution in [2.45, 2.75) is 170 Å². The highest BCUT2D eigenvalue weighted by Crippen LogP contribution is 2.67. The fourth-order valence-corrected chi connectivity index (χ4v) is 12.0. The number of fused-ring (bicyclic) bond motifs is 5. The predicted molar refractivity (Wildman–Crippen MR) is 233 cm³/mol. The van der Waals surface area contributed by atoms with Crippen molar-refractivity contribution < 1.29 is 23.8 Å². The molecule has 3 saturated carbocycles. The summed E-state index contributed by atoms with van der Waals surface area (Å²) in [4.78, 5) is 25.1. The maximum Gasteiger partial charge on any atom is 0.338 e. The minimum atomic E-state index is -0.265. The molecular formula is C52H76O5. The third-order valence-electron chi connectivity index (χ3n) is 15.4. The molecule has 8 atom stereocenters. The molecule has 4 aliphatic rings. The van der Waals surface area contributed by atoms with E-state index >= 15 is 0 Å². The Morgan fingerprint density at radius 2 is 1.47 bits per heavy atom. The van der Waals surface area contributed by atoms with E-state index in [2.05, 4.69) is 59.8 Å². The lowest BCUT2D eigenvalue weighted by molar-refractivity contribution is -0.151. The maximum atomic E-state index is 12.9. The van der Waals surface area contributed by atoms with E-state index in [4.69, 9.17) is 14.2 Å². The molecule has 5 nitrogen and oxygen atoms in total. The summed E-state index contributed by atoms with van der Waals surface area (Å²) < 4.78 is 17.5. The molecule has 4 aliphatic carbocycles. The summed E-state index contributed by atoms with van der Waals surface area (Å²) in [5, 5.41) is 0. The second kappa shape index (κ2) is 20.3. The molecule has 0 aromatic heterocycles. The van der Waals surface area contributed by atoms with Crippen LogP contribution in [0.1, 0.15) is 174 Å². The SMILES string of the molecule is CCCCOC(=O)c1ccc(-c2ccc(OCCCCCCCC(=O)OC3CC[C@@]4(C)C(=CC[C@H]5[C@@H]6CC[C@H]([C@H](C)CCCC(C)C)[C@@]6(C)CC[C@@H]54)C3)cc2)cc1. The van der Waals surface area contributed by atoms with E-state index in [9.17, 15) is 9.59 Å². The molecule has 0 aliphatic heterocycles. The topological polar surface area (TPSA) is 61.8 Å². The molecule has 314 valence electrons. The van der Waals surface area contributed by atoms with Crippen LogP contribution in [0.15, 0.2) is 60.2 Å². The van der Waals surface area contributed by atoms with Crippen LogP contribution in [0.3, 0.4) is 0 Å². The number of benzene rings is 2. The number of hydrogen-bond acceptors (Lipinski definition) is 5. The normalized spacial score (nSPS) is 28.5. The molecule has 0 amide bonds. The molecule has 6 rings (SSSR count). The molecule has 0 saturated heterocycles. The van der Waals surface area contributed by atoms with Crippen molar-refractivity contribution in [3.8, 4) is 16.9 Å². The van der Waals surface area contributed by atoms with Crippen molar-refractivity contribution in [2.75, 3.05) is 13.2 Å². The smallest absolute Gasteiger partial charge is 0.338 e. The number of carbonyl (C=O) groups is 2. The first kappa shape index (κ1) is 43.5. The third kappa shape index (κ3) is 10.8. The summed E-state index contributed by atoms with van der Waals surface area (Å²) in [6.45, 7) is 15.8. The van der Waals surface area contributed by atoms with Gasteiger partial charge >= 0.3 is 11.9 Å². The highest BCUT2D eigenvalue weighted by molar-refractivity contribution is 5.90. The van der Waals surface area contributed by atoms with Crippen LogP contribution in [0.4, 0.5) is 0 Å². The first-order valence-electron chi connectivity index (χ1n) is 23.4. The van der Waals surface area contributed by atoms with E-state index in [0.29, 0.717) is 36.0 Å². The van der Waals surface area contributed by atoms with Gasteiger partial charge in [0.25, 0.3) is 0 Å². The van der Waals surface area contributed by atoms with Crippen LogP contribution >= 0.6 is 0 Å². The Morgan fingerprint density at radius 1 is 0.754 bits per heavy atom. The second-order valence-electron chi connectivity index (χ2n) is 19.6. The van der Waals surface area contributed by atoms with Crippen LogP contribution < -0.4 is 4.74 Å². The average molecular weight is 781 g/mol. The number of ether oxygens (including phenoxy) is 3. The molecule has 2 aromatic carbocycles. The Bertz CT molecular complexity index is 1610. The Hall–Kier alpha value is -3.08. The van der Waals surface area contributed by atoms with Gasteiger partial charge in [-0.2, -0.15) is 0 Å². The molecule has 0 bridgehead atoms. The molecule has 3 fully saturated rings. The number of allylic oxidation sites excluding steroid dienone is 1. The molecule has 5 heteroatoms. The van der Waals surface area contributed by atoms with Gasteiger partial charge in [0.05, 0.1) is 18.8 Å². The summed E-state index contributed by atoms with van der Waals surface area (Å²) in [6.07, 6.45) is 24.5. The monoisotopic (exact) mass is 781 g/mol. The molecular weight excluding hydrogens is 705 g/mol. The van der Waals surface area contributed by atoms with Crippen molar-refractivity contribution in [1.82, 2.24) is 0 Å². The lowest BCUT2D eigenvalue weighted by Crippen LogP contribution is -2.51. The van der Waals surface area contributed by atoms with E-state index in [0.717, 1.165) is 110 Å². The van der Waals surface area contributed by atoms with Crippen molar-refractivity contribution >= 4 is 11.9 Å². The number of unbranched alkanes of at least 4 members (excludes halogenated alkanes) is 5. The summed E-state index contributed by atoms with van der Waals surface area (Å²) >= 11 is 0. The fourth-order valence-electron chi connectivity index (χ4n) is 12.0. The van der Waals surface area contributed by atoms with Crippen LogP contribution in [0.2, 0.25) is 0 Å². The minimum absolute atomic E-state index is 0.00142. The summed E-state index contributed by atoms with van der Waals surface area (Å²) in [6, 6.07) is 15.7. The van der Waals surface area contributed by atoms with Gasteiger partial charge in [0.15, 0.2) is 0 Å². The first-order chi connectivity index (χ1) is 27.5. The van der Waals surface area contributed by atoms with E-state index in [-0.39, 0.29) is 18.0 Å². The van der Waals surface area contributed by atoms with E-state index in [1.807, 2.05) is 36.4 Å². The van der Waals surface area contributed by atoms with Crippen molar-refractivity contribution in [3.63, 3.8) is 0 Å². The Balaban J connectivity index is 0.849. The van der Waals surface area contributed by atoms with E-state index in [1.54, 1.807) is 5.57 Å². The van der Waals surface area contributed by atoms with E-state index < -0.39 is 0 Å². The number of hydrogen-bond donors (Lipinski definition) is 0. The molecule has 0 spiro atoms. The second-order valence-corrected chi connectivity index (χ2v) is 19.6. The van der Waals surface area contributed by atoms with E-state index in [1.165, 1.54) is 57.8 Å². The van der Waals surface area contributed by atoms with Gasteiger partial charge in [-0.25, -0.2) is 4.79 Å². The summed E-state index contributed by atoms with van der Waals surface area (Å²) in [5.74, 6) is 5.71. The predicted octanol–water partition coefficient (Wildman–Crippen LogP) is 14.0. The summed E-state index contributed by atoms with van der Waals surface area (Å²) in [5.41, 5.74) is 5.15. The van der Waals surface area contributed by atoms with Gasteiger partial charge in [0, 0.05) is 12.8 Å². The molecule has 57 heavy (non-hydrogen) atoms. The third-order valence-corrected chi connectivity index (χ3v) is 15.4. The zero-order valence-corrected chi connectivity index (χ0v) is 36.6. The zero-order valence-electron chi connectivity index (χ0n) is 36.6. The number of rotatable bonds is 20. The largest absolute Gasteiger partial charge is 0.494 e. The van der Waals surface area contributed by atoms with Gasteiger partial charge < -0.3 is 14.2 Å². The Morgan fingerprint density at radius 3 is 2.21 bits per heavy atom. The molecule has 0 radical (unpaired) electrons.